The van der Waals surface area contributed by atoms with E-state index in [2.05, 4.69) is 15.8 Å². The molecular weight excluding hydrogens is 326 g/mol. The zero-order valence-electron chi connectivity index (χ0n) is 12.9. The van der Waals surface area contributed by atoms with Crippen molar-refractivity contribution in [3.05, 3.63) is 60.2 Å². The van der Waals surface area contributed by atoms with Crippen molar-refractivity contribution in [1.82, 2.24) is 5.43 Å². The van der Waals surface area contributed by atoms with Crippen LogP contribution in [0, 0.1) is 0 Å². The second-order valence-corrected chi connectivity index (χ2v) is 5.25. The Balaban J connectivity index is 1.83. The number of carboxylic acids is 1. The lowest BCUT2D eigenvalue weighted by atomic mass is 10.2. The van der Waals surface area contributed by atoms with Crippen LogP contribution in [0.1, 0.15) is 12.5 Å². The number of nitrogens with zero attached hydrogens (tertiary/aromatic N) is 1. The van der Waals surface area contributed by atoms with Crippen molar-refractivity contribution in [2.24, 2.45) is 5.10 Å². The van der Waals surface area contributed by atoms with Gasteiger partial charge in [-0.25, -0.2) is 0 Å². The van der Waals surface area contributed by atoms with Gasteiger partial charge in [0.2, 0.25) is 0 Å². The minimum atomic E-state index is -1.26. The molecule has 0 saturated heterocycles. The van der Waals surface area contributed by atoms with E-state index >= 15 is 0 Å². The van der Waals surface area contributed by atoms with E-state index in [0.717, 1.165) is 11.3 Å². The second-order valence-electron chi connectivity index (χ2n) is 4.84. The fourth-order valence-electron chi connectivity index (χ4n) is 1.73. The summed E-state index contributed by atoms with van der Waals surface area (Å²) in [6, 6.07) is 16.3. The summed E-state index contributed by atoms with van der Waals surface area (Å²) in [7, 11) is 0. The fraction of sp³-hybridized carbons (Fsp3) is 0.118. The minimum Gasteiger partial charge on any atom is -0.546 e. The van der Waals surface area contributed by atoms with Gasteiger partial charge in [-0.05, 0) is 61.1 Å². The standard InChI is InChI=1S/C17H17N3O3S/c1-12(16(21)22)23-15-9-7-13(8-10-15)11-18-20-17(24)19-14-5-3-2-4-6-14/h2-12H,1H3,(H,21,22)(H2,19,20,24)/p-1/b18-11-/t12-/m0/s1. The largest absolute Gasteiger partial charge is 0.546 e. The summed E-state index contributed by atoms with van der Waals surface area (Å²) in [5.74, 6) is -0.817. The van der Waals surface area contributed by atoms with E-state index in [0.29, 0.717) is 10.9 Å². The van der Waals surface area contributed by atoms with Crippen LogP contribution in [-0.4, -0.2) is 23.4 Å². The van der Waals surface area contributed by atoms with Crippen molar-refractivity contribution in [2.75, 3.05) is 5.32 Å². The first-order valence-corrected chi connectivity index (χ1v) is 7.58. The highest BCUT2D eigenvalue weighted by Crippen LogP contribution is 2.12. The molecular formula is C17H16N3O3S-. The lowest BCUT2D eigenvalue weighted by Gasteiger charge is -2.15. The number of anilines is 1. The number of carbonyl (C=O) groups excluding carboxylic acids is 1. The molecule has 1 atom stereocenters. The number of hydrogen-bond acceptors (Lipinski definition) is 5. The maximum atomic E-state index is 10.6. The molecule has 0 aliphatic heterocycles. The Labute approximate surface area is 145 Å². The molecule has 2 N–H and O–H groups in total. The van der Waals surface area contributed by atoms with Crippen molar-refractivity contribution in [2.45, 2.75) is 13.0 Å². The monoisotopic (exact) mass is 342 g/mol. The molecule has 0 radical (unpaired) electrons. The van der Waals surface area contributed by atoms with Gasteiger partial charge in [-0.1, -0.05) is 18.2 Å². The number of rotatable bonds is 6. The van der Waals surface area contributed by atoms with Crippen molar-refractivity contribution < 1.29 is 14.6 Å². The van der Waals surface area contributed by atoms with Crippen molar-refractivity contribution in [3.8, 4) is 5.75 Å². The summed E-state index contributed by atoms with van der Waals surface area (Å²) >= 11 is 5.13. The SMILES string of the molecule is C[C@H](Oc1ccc(/C=N\NC(=S)Nc2ccccc2)cc1)C(=O)[O-]. The number of nitrogens with one attached hydrogen (secondary N) is 2. The number of carbonyl (C=O) groups is 1. The Kier molecular flexibility index (Phi) is 6.27. The number of hydrogen-bond donors (Lipinski definition) is 2. The third-order valence-electron chi connectivity index (χ3n) is 2.94. The molecule has 6 nitrogen and oxygen atoms in total. The van der Waals surface area contributed by atoms with E-state index in [-0.39, 0.29) is 0 Å². The molecule has 124 valence electrons. The average molecular weight is 342 g/mol. The van der Waals surface area contributed by atoms with E-state index in [9.17, 15) is 9.90 Å². The fourth-order valence-corrected chi connectivity index (χ4v) is 1.90. The Hall–Kier alpha value is -2.93. The number of benzene rings is 2. The molecule has 0 fully saturated rings. The molecule has 7 heteroatoms. The van der Waals surface area contributed by atoms with Gasteiger partial charge in [-0.3, -0.25) is 5.43 Å². The Morgan fingerprint density at radius 2 is 1.88 bits per heavy atom. The van der Waals surface area contributed by atoms with Crippen molar-refractivity contribution in [1.29, 1.82) is 0 Å². The average Bonchev–Trinajstić information content (AvgIpc) is 2.57. The van der Waals surface area contributed by atoms with Crippen LogP contribution in [0.15, 0.2) is 59.7 Å². The molecule has 0 heterocycles. The Morgan fingerprint density at radius 3 is 2.50 bits per heavy atom. The predicted octanol–water partition coefficient (Wildman–Crippen LogP) is 1.52. The first-order chi connectivity index (χ1) is 11.5. The highest BCUT2D eigenvalue weighted by molar-refractivity contribution is 7.80. The van der Waals surface area contributed by atoms with E-state index in [1.54, 1.807) is 30.5 Å². The molecule has 2 rings (SSSR count). The molecule has 0 saturated carbocycles. The minimum absolute atomic E-state index is 0.375. The second kappa shape index (κ2) is 8.64. The van der Waals surface area contributed by atoms with Gasteiger partial charge >= 0.3 is 0 Å². The van der Waals surface area contributed by atoms with Crippen LogP contribution in [0.4, 0.5) is 5.69 Å². The lowest BCUT2D eigenvalue weighted by molar-refractivity contribution is -0.312. The molecule has 2 aromatic rings. The van der Waals surface area contributed by atoms with Crippen LogP contribution in [0.5, 0.6) is 5.75 Å². The maximum absolute atomic E-state index is 10.6. The van der Waals surface area contributed by atoms with Crippen LogP contribution in [0.3, 0.4) is 0 Å². The number of carboxylic acid groups (broad SMARTS) is 1. The van der Waals surface area contributed by atoms with E-state index in [1.165, 1.54) is 6.92 Å². The normalized spacial score (nSPS) is 11.7. The van der Waals surface area contributed by atoms with Gasteiger partial charge in [0.1, 0.15) is 11.9 Å². The third-order valence-corrected chi connectivity index (χ3v) is 3.13. The molecule has 0 amide bonds. The zero-order valence-corrected chi connectivity index (χ0v) is 13.7. The van der Waals surface area contributed by atoms with Crippen LogP contribution in [0.2, 0.25) is 0 Å². The molecule has 0 unspecified atom stereocenters. The van der Waals surface area contributed by atoms with Crippen LogP contribution < -0.4 is 20.6 Å². The van der Waals surface area contributed by atoms with E-state index in [1.807, 2.05) is 30.3 Å². The van der Waals surface area contributed by atoms with Gasteiger partial charge in [0.05, 0.1) is 12.2 Å². The molecule has 24 heavy (non-hydrogen) atoms. The summed E-state index contributed by atoms with van der Waals surface area (Å²) in [5, 5.41) is 18.0. The maximum Gasteiger partial charge on any atom is 0.191 e. The van der Waals surface area contributed by atoms with E-state index in [4.69, 9.17) is 17.0 Å². The number of ether oxygens (including phenoxy) is 1. The highest BCUT2D eigenvalue weighted by atomic mass is 32.1. The summed E-state index contributed by atoms with van der Waals surface area (Å²) in [4.78, 5) is 10.6. The summed E-state index contributed by atoms with van der Waals surface area (Å²) < 4.78 is 5.19. The molecule has 0 aromatic heterocycles. The van der Waals surface area contributed by atoms with Gasteiger partial charge in [-0.2, -0.15) is 5.10 Å². The quantitative estimate of drug-likeness (QED) is 0.470. The smallest absolute Gasteiger partial charge is 0.191 e. The van der Waals surface area contributed by atoms with Crippen molar-refractivity contribution in [3.63, 3.8) is 0 Å². The molecule has 0 spiro atoms. The topological polar surface area (TPSA) is 85.8 Å². The van der Waals surface area contributed by atoms with Gasteiger partial charge in [0.15, 0.2) is 5.11 Å². The first kappa shape index (κ1) is 17.4. The van der Waals surface area contributed by atoms with Gasteiger partial charge in [0.25, 0.3) is 0 Å². The Morgan fingerprint density at radius 1 is 1.21 bits per heavy atom. The molecule has 0 aliphatic rings. The first-order valence-electron chi connectivity index (χ1n) is 7.17. The molecule has 2 aromatic carbocycles. The van der Waals surface area contributed by atoms with E-state index < -0.39 is 12.1 Å². The summed E-state index contributed by atoms with van der Waals surface area (Å²) in [6.07, 6.45) is 0.581. The summed E-state index contributed by atoms with van der Waals surface area (Å²) in [5.41, 5.74) is 4.39. The molecule has 0 bridgehead atoms. The zero-order chi connectivity index (χ0) is 17.4. The number of thiocarbonyl (C=S) groups is 1. The molecule has 0 aliphatic carbocycles. The summed E-state index contributed by atoms with van der Waals surface area (Å²) in [6.45, 7) is 1.41. The van der Waals surface area contributed by atoms with Gasteiger partial charge in [0, 0.05) is 5.69 Å². The van der Waals surface area contributed by atoms with Gasteiger partial charge < -0.3 is 20.0 Å². The third kappa shape index (κ3) is 5.69. The van der Waals surface area contributed by atoms with Crippen LogP contribution in [-0.2, 0) is 4.79 Å². The van der Waals surface area contributed by atoms with Crippen molar-refractivity contribution >= 4 is 35.2 Å². The predicted molar refractivity (Wildman–Crippen MR) is 94.9 cm³/mol. The van der Waals surface area contributed by atoms with Crippen LogP contribution in [0.25, 0.3) is 0 Å². The van der Waals surface area contributed by atoms with Gasteiger partial charge in [-0.15, -0.1) is 0 Å². The number of para-hydroxylation sites is 1. The highest BCUT2D eigenvalue weighted by Gasteiger charge is 2.04. The Bertz CT molecular complexity index is 718. The van der Waals surface area contributed by atoms with Crippen LogP contribution >= 0.6 is 12.2 Å². The number of aliphatic carboxylic acids is 1. The number of hydrazone groups is 1. The lowest BCUT2D eigenvalue weighted by Crippen LogP contribution is -2.37.